The highest BCUT2D eigenvalue weighted by Crippen LogP contribution is 2.46. The molecule has 1 aromatic heterocycles. The molecule has 14 heteroatoms. The van der Waals surface area contributed by atoms with Gasteiger partial charge in [0, 0.05) is 56.5 Å². The van der Waals surface area contributed by atoms with E-state index in [9.17, 15) is 28.0 Å². The number of nitrogens with zero attached hydrogens (tertiary/aromatic N) is 4. The fourth-order valence-corrected chi connectivity index (χ4v) is 6.20. The molecule has 12 nitrogen and oxygen atoms in total. The molecule has 3 atom stereocenters. The molecule has 1 N–H and O–H groups in total. The van der Waals surface area contributed by atoms with Gasteiger partial charge in [-0.2, -0.15) is 0 Å². The Bertz CT molecular complexity index is 1590. The number of oxime groups is 1. The average molecular weight is 600 g/mol. The normalized spacial score (nSPS) is 24.7. The van der Waals surface area contributed by atoms with Crippen molar-refractivity contribution in [1.82, 2.24) is 19.7 Å². The van der Waals surface area contributed by atoms with E-state index in [1.54, 1.807) is 4.90 Å². The van der Waals surface area contributed by atoms with Gasteiger partial charge in [0.05, 0.1) is 25.0 Å². The van der Waals surface area contributed by atoms with Gasteiger partial charge in [-0.05, 0) is 32.8 Å². The van der Waals surface area contributed by atoms with Gasteiger partial charge < -0.3 is 34.0 Å². The molecule has 43 heavy (non-hydrogen) atoms. The second-order valence-electron chi connectivity index (χ2n) is 11.4. The number of amides is 3. The summed E-state index contributed by atoms with van der Waals surface area (Å²) in [4.78, 5) is 63.5. The summed E-state index contributed by atoms with van der Waals surface area (Å²) in [6.45, 7) is 4.61. The number of morpholine rings is 1. The molecule has 3 amide bonds. The molecule has 0 aliphatic carbocycles. The molecule has 2 bridgehead atoms. The number of pyridine rings is 1. The largest absolute Gasteiger partial charge is 0.415 e. The predicted octanol–water partition coefficient (Wildman–Crippen LogP) is 2.60. The lowest BCUT2D eigenvalue weighted by molar-refractivity contribution is -0.0655. The van der Waals surface area contributed by atoms with Crippen LogP contribution in [0, 0.1) is 11.6 Å². The van der Waals surface area contributed by atoms with Crippen LogP contribution in [0.2, 0.25) is 0 Å². The molecule has 1 spiro atoms. The van der Waals surface area contributed by atoms with Crippen molar-refractivity contribution in [1.29, 1.82) is 0 Å². The van der Waals surface area contributed by atoms with E-state index < -0.39 is 57.9 Å². The number of rotatable bonds is 4. The van der Waals surface area contributed by atoms with E-state index in [4.69, 9.17) is 14.3 Å². The van der Waals surface area contributed by atoms with E-state index in [1.807, 2.05) is 13.8 Å². The molecule has 228 valence electrons. The Morgan fingerprint density at radius 3 is 2.67 bits per heavy atom. The van der Waals surface area contributed by atoms with Crippen LogP contribution < -0.4 is 15.5 Å². The average Bonchev–Trinajstić information content (AvgIpc) is 3.32. The van der Waals surface area contributed by atoms with Gasteiger partial charge in [-0.3, -0.25) is 14.4 Å². The number of hydrogen-bond acceptors (Lipinski definition) is 8. The molecule has 1 aromatic carbocycles. The highest BCUT2D eigenvalue weighted by Gasteiger charge is 2.54. The number of ether oxygens (including phenoxy) is 2. The molecule has 2 aromatic rings. The maximum absolute atomic E-state index is 14.3. The monoisotopic (exact) mass is 599 g/mol. The molecule has 2 fully saturated rings. The van der Waals surface area contributed by atoms with Crippen molar-refractivity contribution in [3.8, 4) is 5.75 Å². The highest BCUT2D eigenvalue weighted by atomic mass is 19.1. The van der Waals surface area contributed by atoms with Crippen LogP contribution in [0.3, 0.4) is 0 Å². The zero-order chi connectivity index (χ0) is 30.5. The van der Waals surface area contributed by atoms with Crippen molar-refractivity contribution in [3.05, 3.63) is 63.1 Å². The third-order valence-electron chi connectivity index (χ3n) is 8.58. The van der Waals surface area contributed by atoms with Gasteiger partial charge in [0.2, 0.25) is 11.2 Å². The third-order valence-corrected chi connectivity index (χ3v) is 8.58. The van der Waals surface area contributed by atoms with Crippen LogP contribution in [-0.2, 0) is 16.1 Å². The molecule has 4 aliphatic heterocycles. The van der Waals surface area contributed by atoms with Crippen LogP contribution in [0.25, 0.3) is 0 Å². The zero-order valence-corrected chi connectivity index (χ0v) is 23.7. The molecule has 5 heterocycles. The number of carbonyl (C=O) groups is 3. The quantitative estimate of drug-likeness (QED) is 0.572. The van der Waals surface area contributed by atoms with E-state index >= 15 is 0 Å². The maximum atomic E-state index is 14.3. The van der Waals surface area contributed by atoms with Crippen LogP contribution in [0.15, 0.2) is 34.3 Å². The van der Waals surface area contributed by atoms with Gasteiger partial charge in [0.1, 0.15) is 17.2 Å². The summed E-state index contributed by atoms with van der Waals surface area (Å²) in [5.74, 6) is -3.61. The number of nitrogens with one attached hydrogen (secondary N) is 1. The van der Waals surface area contributed by atoms with Crippen molar-refractivity contribution in [2.45, 2.75) is 57.3 Å². The van der Waals surface area contributed by atoms with Crippen LogP contribution in [-0.4, -0.2) is 82.5 Å². The molecular formula is C29H31F2N5O7. The van der Waals surface area contributed by atoms with Gasteiger partial charge in [-0.15, -0.1) is 0 Å². The van der Waals surface area contributed by atoms with Gasteiger partial charge in [0.25, 0.3) is 11.8 Å². The summed E-state index contributed by atoms with van der Waals surface area (Å²) >= 11 is 0. The van der Waals surface area contributed by atoms with E-state index in [2.05, 4.69) is 10.5 Å². The first-order chi connectivity index (χ1) is 20.6. The fourth-order valence-electron chi connectivity index (χ4n) is 6.20. The minimum atomic E-state index is -0.973. The van der Waals surface area contributed by atoms with Crippen LogP contribution in [0.5, 0.6) is 5.75 Å². The Morgan fingerprint density at radius 1 is 1.21 bits per heavy atom. The summed E-state index contributed by atoms with van der Waals surface area (Å²) in [7, 11) is 0. The first-order valence-electron chi connectivity index (χ1n) is 14.2. The number of halogens is 2. The zero-order valence-electron chi connectivity index (χ0n) is 23.7. The molecule has 2 saturated heterocycles. The molecular weight excluding hydrogens is 568 g/mol. The lowest BCUT2D eigenvalue weighted by Gasteiger charge is -2.42. The Kier molecular flexibility index (Phi) is 7.40. The fraction of sp³-hybridized carbons (Fsp3) is 0.483. The smallest absolute Gasteiger partial charge is 0.403 e. The lowest BCUT2D eigenvalue weighted by Crippen LogP contribution is -2.53. The lowest BCUT2D eigenvalue weighted by atomic mass is 9.84. The summed E-state index contributed by atoms with van der Waals surface area (Å²) in [5, 5.41) is 6.69. The van der Waals surface area contributed by atoms with Crippen molar-refractivity contribution in [3.63, 3.8) is 0 Å². The van der Waals surface area contributed by atoms with Gasteiger partial charge in [-0.1, -0.05) is 11.2 Å². The Balaban J connectivity index is 1.45. The number of fused-ring (bicyclic) bond motifs is 5. The van der Waals surface area contributed by atoms with E-state index in [1.165, 1.54) is 21.7 Å². The van der Waals surface area contributed by atoms with Crippen molar-refractivity contribution in [2.24, 2.45) is 5.16 Å². The van der Waals surface area contributed by atoms with E-state index in [0.717, 1.165) is 11.8 Å². The number of aromatic nitrogens is 1. The third kappa shape index (κ3) is 5.13. The Morgan fingerprint density at radius 2 is 1.98 bits per heavy atom. The molecule has 4 aliphatic rings. The number of benzene rings is 1. The highest BCUT2D eigenvalue weighted by molar-refractivity contribution is 6.00. The van der Waals surface area contributed by atoms with Crippen molar-refractivity contribution >= 4 is 23.6 Å². The standard InChI is InChI=1S/C29H31F2N5O7/c1-16-12-29(43-33-16)6-5-17(2)35-15-22(29)36-14-20(26(38)32-13-18-3-4-19(30)11-21(18)31)24(37)25(23(36)27(35)39)42-28(40)34-7-9-41-10-8-34/h3-4,11,14,17,22H,5-10,12-13,15H2,1-2H3,(H,32,38). The van der Waals surface area contributed by atoms with Crippen LogP contribution in [0.1, 0.15) is 65.6 Å². The molecule has 0 radical (unpaired) electrons. The number of carbonyl (C=O) groups excluding carboxylic acids is 3. The Labute approximate surface area is 245 Å². The minimum absolute atomic E-state index is 0.00119. The summed E-state index contributed by atoms with van der Waals surface area (Å²) in [6.07, 6.45) is 2.03. The van der Waals surface area contributed by atoms with Crippen LogP contribution in [0.4, 0.5) is 13.6 Å². The summed E-state index contributed by atoms with van der Waals surface area (Å²) in [6, 6.07) is 2.14. The minimum Gasteiger partial charge on any atom is -0.403 e. The topological polar surface area (TPSA) is 132 Å². The SMILES string of the molecule is CC1=NOC2(CCC(C)N3CC2n2cc(C(=O)NCc4ccc(F)cc4F)c(=O)c(OC(=O)N4CCOCC4)c2C3=O)C1. The Hall–Kier alpha value is -4.33. The second-order valence-corrected chi connectivity index (χ2v) is 11.4. The van der Waals surface area contributed by atoms with Crippen LogP contribution >= 0.6 is 0 Å². The van der Waals surface area contributed by atoms with Gasteiger partial charge in [-0.25, -0.2) is 13.6 Å². The maximum Gasteiger partial charge on any atom is 0.415 e. The molecule has 6 rings (SSSR count). The second kappa shape index (κ2) is 11.1. The first-order valence-corrected chi connectivity index (χ1v) is 14.2. The van der Waals surface area contributed by atoms with Crippen molar-refractivity contribution in [2.75, 3.05) is 32.8 Å². The summed E-state index contributed by atoms with van der Waals surface area (Å²) in [5.41, 5.74) is -1.65. The molecule has 3 unspecified atom stereocenters. The van der Waals surface area contributed by atoms with E-state index in [-0.39, 0.29) is 56.7 Å². The molecule has 0 saturated carbocycles. The van der Waals surface area contributed by atoms with Crippen molar-refractivity contribution < 1.29 is 37.5 Å². The van der Waals surface area contributed by atoms with Gasteiger partial charge >= 0.3 is 6.09 Å². The number of hydrogen-bond donors (Lipinski definition) is 1. The van der Waals surface area contributed by atoms with Gasteiger partial charge in [0.15, 0.2) is 11.3 Å². The first kappa shape index (κ1) is 28.8. The predicted molar refractivity (Wildman–Crippen MR) is 147 cm³/mol. The summed E-state index contributed by atoms with van der Waals surface area (Å²) < 4.78 is 40.1. The van der Waals surface area contributed by atoms with E-state index in [0.29, 0.717) is 25.3 Å².